The SMILES string of the molecule is CCCNC(c1ccccc1)C(C)CN1CCCC1(C)C. The first-order chi connectivity index (χ1) is 10.0. The van der Waals surface area contributed by atoms with Gasteiger partial charge in [0.15, 0.2) is 0 Å². The van der Waals surface area contributed by atoms with Gasteiger partial charge in [-0.1, -0.05) is 44.2 Å². The van der Waals surface area contributed by atoms with Crippen LogP contribution >= 0.6 is 0 Å². The number of benzene rings is 1. The highest BCUT2D eigenvalue weighted by atomic mass is 15.2. The number of hydrogen-bond acceptors (Lipinski definition) is 2. The molecule has 2 nitrogen and oxygen atoms in total. The first kappa shape index (κ1) is 16.5. The lowest BCUT2D eigenvalue weighted by atomic mass is 9.92. The van der Waals surface area contributed by atoms with Gasteiger partial charge in [-0.15, -0.1) is 0 Å². The third-order valence-electron chi connectivity index (χ3n) is 4.92. The smallest absolute Gasteiger partial charge is 0.0358 e. The number of rotatable bonds is 7. The maximum Gasteiger partial charge on any atom is 0.0358 e. The van der Waals surface area contributed by atoms with Crippen molar-refractivity contribution in [1.29, 1.82) is 0 Å². The van der Waals surface area contributed by atoms with Gasteiger partial charge in [-0.25, -0.2) is 0 Å². The number of hydrogen-bond donors (Lipinski definition) is 1. The molecule has 2 unspecified atom stereocenters. The van der Waals surface area contributed by atoms with E-state index in [2.05, 4.69) is 68.2 Å². The monoisotopic (exact) mass is 288 g/mol. The summed E-state index contributed by atoms with van der Waals surface area (Å²) in [5, 5.41) is 3.76. The Hall–Kier alpha value is -0.860. The van der Waals surface area contributed by atoms with E-state index in [1.165, 1.54) is 37.9 Å². The maximum absolute atomic E-state index is 3.76. The highest BCUT2D eigenvalue weighted by Gasteiger charge is 2.33. The minimum absolute atomic E-state index is 0.375. The van der Waals surface area contributed by atoms with Crippen molar-refractivity contribution in [2.45, 2.75) is 58.5 Å². The van der Waals surface area contributed by atoms with Crippen LogP contribution in [-0.4, -0.2) is 30.1 Å². The van der Waals surface area contributed by atoms with Gasteiger partial charge in [-0.2, -0.15) is 0 Å². The largest absolute Gasteiger partial charge is 0.310 e. The standard InChI is InChI=1S/C19H32N2/c1-5-13-20-18(17-10-7-6-8-11-17)16(2)15-21-14-9-12-19(21,3)4/h6-8,10-11,16,18,20H,5,9,12-15H2,1-4H3. The van der Waals surface area contributed by atoms with Crippen molar-refractivity contribution in [2.24, 2.45) is 5.92 Å². The summed E-state index contributed by atoms with van der Waals surface area (Å²) in [6, 6.07) is 11.4. The molecule has 118 valence electrons. The minimum atomic E-state index is 0.375. The summed E-state index contributed by atoms with van der Waals surface area (Å²) in [5.74, 6) is 0.622. The molecule has 2 heteroatoms. The molecule has 0 amide bonds. The van der Waals surface area contributed by atoms with Crippen molar-refractivity contribution in [3.8, 4) is 0 Å². The summed E-state index contributed by atoms with van der Waals surface area (Å²) in [6.07, 6.45) is 3.86. The average molecular weight is 288 g/mol. The Labute approximate surface area is 130 Å². The van der Waals surface area contributed by atoms with Gasteiger partial charge in [0.05, 0.1) is 0 Å². The fraction of sp³-hybridized carbons (Fsp3) is 0.684. The Kier molecular flexibility index (Phi) is 5.83. The van der Waals surface area contributed by atoms with Gasteiger partial charge in [-0.3, -0.25) is 4.90 Å². The van der Waals surface area contributed by atoms with Crippen LogP contribution in [-0.2, 0) is 0 Å². The Morgan fingerprint density at radius 3 is 2.52 bits per heavy atom. The van der Waals surface area contributed by atoms with Gasteiger partial charge in [0, 0.05) is 18.1 Å². The lowest BCUT2D eigenvalue weighted by molar-refractivity contribution is 0.138. The third kappa shape index (κ3) is 4.31. The predicted molar refractivity (Wildman–Crippen MR) is 91.5 cm³/mol. The van der Waals surface area contributed by atoms with Crippen LogP contribution in [0, 0.1) is 5.92 Å². The van der Waals surface area contributed by atoms with Crippen LogP contribution in [0.25, 0.3) is 0 Å². The van der Waals surface area contributed by atoms with Crippen LogP contribution in [0.4, 0.5) is 0 Å². The second kappa shape index (κ2) is 7.42. The average Bonchev–Trinajstić information content (AvgIpc) is 2.79. The summed E-state index contributed by atoms with van der Waals surface area (Å²) in [7, 11) is 0. The van der Waals surface area contributed by atoms with Crippen molar-refractivity contribution in [3.63, 3.8) is 0 Å². The highest BCUT2D eigenvalue weighted by Crippen LogP contribution is 2.31. The Morgan fingerprint density at radius 2 is 1.95 bits per heavy atom. The molecular formula is C19H32N2. The minimum Gasteiger partial charge on any atom is -0.310 e. The summed E-state index contributed by atoms with van der Waals surface area (Å²) >= 11 is 0. The summed E-state index contributed by atoms with van der Waals surface area (Å²) < 4.78 is 0. The molecule has 1 fully saturated rings. The molecule has 21 heavy (non-hydrogen) atoms. The quantitative estimate of drug-likeness (QED) is 0.807. The van der Waals surface area contributed by atoms with Crippen molar-refractivity contribution in [1.82, 2.24) is 10.2 Å². The zero-order valence-electron chi connectivity index (χ0n) is 14.2. The molecule has 0 aromatic heterocycles. The first-order valence-electron chi connectivity index (χ1n) is 8.58. The van der Waals surface area contributed by atoms with Crippen LogP contribution in [0.3, 0.4) is 0 Å². The van der Waals surface area contributed by atoms with Crippen LogP contribution in [0.2, 0.25) is 0 Å². The van der Waals surface area contributed by atoms with Gasteiger partial charge in [0.2, 0.25) is 0 Å². The summed E-state index contributed by atoms with van der Waals surface area (Å²) in [4.78, 5) is 2.68. The van der Waals surface area contributed by atoms with E-state index in [1.807, 2.05) is 0 Å². The van der Waals surface area contributed by atoms with E-state index in [1.54, 1.807) is 0 Å². The van der Waals surface area contributed by atoms with Crippen LogP contribution in [0.1, 0.15) is 58.6 Å². The molecule has 1 aromatic rings. The molecule has 1 saturated heterocycles. The molecule has 1 aliphatic rings. The Morgan fingerprint density at radius 1 is 1.24 bits per heavy atom. The van der Waals surface area contributed by atoms with Crippen LogP contribution in [0.5, 0.6) is 0 Å². The topological polar surface area (TPSA) is 15.3 Å². The lowest BCUT2D eigenvalue weighted by Gasteiger charge is -2.36. The first-order valence-corrected chi connectivity index (χ1v) is 8.58. The second-order valence-corrected chi connectivity index (χ2v) is 7.18. The summed E-state index contributed by atoms with van der Waals surface area (Å²) in [5.41, 5.74) is 1.80. The molecule has 1 aromatic carbocycles. The fourth-order valence-corrected chi connectivity index (χ4v) is 3.56. The van der Waals surface area contributed by atoms with E-state index >= 15 is 0 Å². The molecule has 0 bridgehead atoms. The Balaban J connectivity index is 2.05. The molecule has 0 aliphatic carbocycles. The Bertz CT molecular complexity index is 413. The lowest BCUT2D eigenvalue weighted by Crippen LogP contribution is -2.43. The number of nitrogens with zero attached hydrogens (tertiary/aromatic N) is 1. The molecule has 0 saturated carbocycles. The normalized spacial score (nSPS) is 21.3. The van der Waals surface area contributed by atoms with E-state index in [-0.39, 0.29) is 0 Å². The van der Waals surface area contributed by atoms with Crippen LogP contribution < -0.4 is 5.32 Å². The molecule has 2 rings (SSSR count). The van der Waals surface area contributed by atoms with Gasteiger partial charge in [0.25, 0.3) is 0 Å². The van der Waals surface area contributed by atoms with E-state index < -0.39 is 0 Å². The van der Waals surface area contributed by atoms with Gasteiger partial charge in [-0.05, 0) is 57.7 Å². The highest BCUT2D eigenvalue weighted by molar-refractivity contribution is 5.19. The zero-order chi connectivity index (χ0) is 15.3. The van der Waals surface area contributed by atoms with Gasteiger partial charge >= 0.3 is 0 Å². The second-order valence-electron chi connectivity index (χ2n) is 7.18. The van der Waals surface area contributed by atoms with Crippen molar-refractivity contribution >= 4 is 0 Å². The molecule has 1 heterocycles. The fourth-order valence-electron chi connectivity index (χ4n) is 3.56. The maximum atomic E-state index is 3.76. The van der Waals surface area contributed by atoms with E-state index in [0.717, 1.165) is 6.54 Å². The summed E-state index contributed by atoms with van der Waals surface area (Å²) in [6.45, 7) is 13.0. The number of nitrogens with one attached hydrogen (secondary N) is 1. The van der Waals surface area contributed by atoms with Crippen molar-refractivity contribution in [2.75, 3.05) is 19.6 Å². The van der Waals surface area contributed by atoms with E-state index in [9.17, 15) is 0 Å². The van der Waals surface area contributed by atoms with Crippen molar-refractivity contribution < 1.29 is 0 Å². The van der Waals surface area contributed by atoms with Crippen LogP contribution in [0.15, 0.2) is 30.3 Å². The van der Waals surface area contributed by atoms with E-state index in [4.69, 9.17) is 0 Å². The number of likely N-dealkylation sites (tertiary alicyclic amines) is 1. The molecule has 1 aliphatic heterocycles. The van der Waals surface area contributed by atoms with Gasteiger partial charge in [0.1, 0.15) is 0 Å². The third-order valence-corrected chi connectivity index (χ3v) is 4.92. The predicted octanol–water partition coefficient (Wildman–Crippen LogP) is 4.24. The molecule has 1 N–H and O–H groups in total. The molecule has 2 atom stereocenters. The van der Waals surface area contributed by atoms with Gasteiger partial charge < -0.3 is 5.32 Å². The molecule has 0 radical (unpaired) electrons. The zero-order valence-corrected chi connectivity index (χ0v) is 14.2. The van der Waals surface area contributed by atoms with E-state index in [0.29, 0.717) is 17.5 Å². The molecular weight excluding hydrogens is 256 g/mol. The van der Waals surface area contributed by atoms with Crippen molar-refractivity contribution in [3.05, 3.63) is 35.9 Å². The molecule has 0 spiro atoms.